The number of nitrogens with one attached hydrogen (secondary N) is 1. The lowest BCUT2D eigenvalue weighted by Crippen LogP contribution is -2.39. The van der Waals surface area contributed by atoms with Gasteiger partial charge in [0.15, 0.2) is 0 Å². The Morgan fingerprint density at radius 2 is 1.91 bits per heavy atom. The molecule has 0 spiro atoms. The number of hydrogen-bond donors (Lipinski definition) is 2. The first-order chi connectivity index (χ1) is 10.4. The lowest BCUT2D eigenvalue weighted by atomic mass is 10.0. The fraction of sp³-hybridized carbons (Fsp3) is 0.611. The van der Waals surface area contributed by atoms with Crippen LogP contribution in [0.5, 0.6) is 0 Å². The molecule has 0 bridgehead atoms. The van der Waals surface area contributed by atoms with Gasteiger partial charge in [0.1, 0.15) is 5.60 Å². The number of rotatable bonds is 5. The standard InChI is InChI=1S/C18H30N2O3/c1-13(18(5,6)22)19-15-10-8-9-14(11-15)12-20(7)16(21)23-17(2,3)4/h8-11,13,19,22H,12H2,1-7H3. The van der Waals surface area contributed by atoms with Crippen LogP contribution in [0.25, 0.3) is 0 Å². The monoisotopic (exact) mass is 322 g/mol. The molecule has 0 aliphatic rings. The maximum Gasteiger partial charge on any atom is 0.410 e. The smallest absolute Gasteiger partial charge is 0.410 e. The molecule has 0 saturated carbocycles. The van der Waals surface area contributed by atoms with E-state index >= 15 is 0 Å². The third kappa shape index (κ3) is 6.91. The van der Waals surface area contributed by atoms with E-state index in [1.54, 1.807) is 25.8 Å². The van der Waals surface area contributed by atoms with Gasteiger partial charge in [0.05, 0.1) is 11.6 Å². The van der Waals surface area contributed by atoms with Crippen molar-refractivity contribution in [2.24, 2.45) is 0 Å². The van der Waals surface area contributed by atoms with Crippen LogP contribution in [0.2, 0.25) is 0 Å². The minimum atomic E-state index is -0.816. The second-order valence-corrected chi connectivity index (χ2v) is 7.56. The molecule has 0 saturated heterocycles. The van der Waals surface area contributed by atoms with Crippen molar-refractivity contribution in [3.8, 4) is 0 Å². The summed E-state index contributed by atoms with van der Waals surface area (Å²) in [7, 11) is 1.72. The first-order valence-electron chi connectivity index (χ1n) is 7.90. The van der Waals surface area contributed by atoms with Gasteiger partial charge in [-0.1, -0.05) is 12.1 Å². The molecule has 5 heteroatoms. The first-order valence-corrected chi connectivity index (χ1v) is 7.90. The Labute approximate surface area is 139 Å². The number of carbonyl (C=O) groups excluding carboxylic acids is 1. The molecule has 2 N–H and O–H groups in total. The van der Waals surface area contributed by atoms with Crippen LogP contribution in [0.3, 0.4) is 0 Å². The van der Waals surface area contributed by atoms with Gasteiger partial charge in [-0.2, -0.15) is 0 Å². The van der Waals surface area contributed by atoms with Gasteiger partial charge in [-0.05, 0) is 59.2 Å². The molecule has 0 aromatic heterocycles. The molecular formula is C18H30N2O3. The van der Waals surface area contributed by atoms with Gasteiger partial charge in [-0.25, -0.2) is 4.79 Å². The first kappa shape index (κ1) is 19.3. The summed E-state index contributed by atoms with van der Waals surface area (Å²) in [5.74, 6) is 0. The van der Waals surface area contributed by atoms with Crippen LogP contribution in [-0.2, 0) is 11.3 Å². The Morgan fingerprint density at radius 1 is 1.30 bits per heavy atom. The molecule has 0 radical (unpaired) electrons. The summed E-state index contributed by atoms with van der Waals surface area (Å²) in [6, 6.07) is 7.71. The number of carbonyl (C=O) groups is 1. The topological polar surface area (TPSA) is 61.8 Å². The van der Waals surface area contributed by atoms with Gasteiger partial charge >= 0.3 is 6.09 Å². The van der Waals surface area contributed by atoms with Crippen molar-refractivity contribution < 1.29 is 14.6 Å². The highest BCUT2D eigenvalue weighted by molar-refractivity contribution is 5.67. The van der Waals surface area contributed by atoms with Crippen LogP contribution in [0.15, 0.2) is 24.3 Å². The summed E-state index contributed by atoms with van der Waals surface area (Å²) in [6.45, 7) is 11.5. The van der Waals surface area contributed by atoms with Crippen LogP contribution in [0.4, 0.5) is 10.5 Å². The van der Waals surface area contributed by atoms with Crippen LogP contribution < -0.4 is 5.32 Å². The van der Waals surface area contributed by atoms with Crippen molar-refractivity contribution in [2.45, 2.75) is 65.3 Å². The SMILES string of the molecule is CC(Nc1cccc(CN(C)C(=O)OC(C)(C)C)c1)C(C)(C)O. The van der Waals surface area contributed by atoms with Gasteiger partial charge in [-0.15, -0.1) is 0 Å². The van der Waals surface area contributed by atoms with E-state index in [1.807, 2.05) is 52.0 Å². The Hall–Kier alpha value is -1.75. The maximum absolute atomic E-state index is 12.0. The number of hydrogen-bond acceptors (Lipinski definition) is 4. The van der Waals surface area contributed by atoms with E-state index in [1.165, 1.54) is 0 Å². The zero-order valence-corrected chi connectivity index (χ0v) is 15.3. The Balaban J connectivity index is 2.72. The predicted molar refractivity (Wildman–Crippen MR) is 93.5 cm³/mol. The highest BCUT2D eigenvalue weighted by Gasteiger charge is 2.22. The second-order valence-electron chi connectivity index (χ2n) is 7.56. The minimum absolute atomic E-state index is 0.0960. The van der Waals surface area contributed by atoms with Crippen molar-refractivity contribution in [3.05, 3.63) is 29.8 Å². The summed E-state index contributed by atoms with van der Waals surface area (Å²) in [4.78, 5) is 13.6. The average Bonchev–Trinajstić information content (AvgIpc) is 2.35. The number of benzene rings is 1. The highest BCUT2D eigenvalue weighted by atomic mass is 16.6. The normalized spacial score (nSPS) is 13.4. The molecule has 1 atom stereocenters. The van der Waals surface area contributed by atoms with Crippen LogP contribution in [0.1, 0.15) is 47.1 Å². The summed E-state index contributed by atoms with van der Waals surface area (Å²) in [5.41, 5.74) is 0.584. The van der Waals surface area contributed by atoms with E-state index in [0.29, 0.717) is 6.54 Å². The molecule has 0 aliphatic carbocycles. The van der Waals surface area contributed by atoms with E-state index in [4.69, 9.17) is 4.74 Å². The van der Waals surface area contributed by atoms with E-state index in [0.717, 1.165) is 11.3 Å². The zero-order valence-electron chi connectivity index (χ0n) is 15.3. The number of nitrogens with zero attached hydrogens (tertiary/aromatic N) is 1. The lowest BCUT2D eigenvalue weighted by molar-refractivity contribution is 0.0285. The van der Waals surface area contributed by atoms with Gasteiger partial charge in [0.2, 0.25) is 0 Å². The number of ether oxygens (including phenoxy) is 1. The molecule has 1 amide bonds. The lowest BCUT2D eigenvalue weighted by Gasteiger charge is -2.28. The third-order valence-electron chi connectivity index (χ3n) is 3.49. The summed E-state index contributed by atoms with van der Waals surface area (Å²) in [5, 5.41) is 13.3. The molecule has 1 aromatic carbocycles. The molecule has 0 fully saturated rings. The maximum atomic E-state index is 12.0. The molecule has 1 rings (SSSR count). The number of aliphatic hydroxyl groups is 1. The van der Waals surface area contributed by atoms with E-state index in [-0.39, 0.29) is 12.1 Å². The molecule has 1 unspecified atom stereocenters. The van der Waals surface area contributed by atoms with Crippen LogP contribution in [-0.4, -0.2) is 40.4 Å². The molecule has 0 heterocycles. The van der Waals surface area contributed by atoms with Crippen molar-refractivity contribution in [3.63, 3.8) is 0 Å². The largest absolute Gasteiger partial charge is 0.444 e. The molecule has 23 heavy (non-hydrogen) atoms. The second kappa shape index (κ2) is 7.21. The number of anilines is 1. The number of amides is 1. The van der Waals surface area contributed by atoms with E-state index < -0.39 is 11.2 Å². The molecule has 0 aliphatic heterocycles. The van der Waals surface area contributed by atoms with Crippen LogP contribution in [0, 0.1) is 0 Å². The van der Waals surface area contributed by atoms with Crippen molar-refractivity contribution in [1.82, 2.24) is 4.90 Å². The predicted octanol–water partition coefficient (Wildman–Crippen LogP) is 3.62. The summed E-state index contributed by atoms with van der Waals surface area (Å²) < 4.78 is 5.35. The van der Waals surface area contributed by atoms with Gasteiger partial charge in [0, 0.05) is 19.3 Å². The van der Waals surface area contributed by atoms with Gasteiger partial charge in [0.25, 0.3) is 0 Å². The Morgan fingerprint density at radius 3 is 2.43 bits per heavy atom. The van der Waals surface area contributed by atoms with Crippen molar-refractivity contribution in [2.75, 3.05) is 12.4 Å². The fourth-order valence-corrected chi connectivity index (χ4v) is 1.86. The minimum Gasteiger partial charge on any atom is -0.444 e. The molecular weight excluding hydrogens is 292 g/mol. The van der Waals surface area contributed by atoms with Crippen LogP contribution >= 0.6 is 0 Å². The molecule has 1 aromatic rings. The van der Waals surface area contributed by atoms with Crippen molar-refractivity contribution in [1.29, 1.82) is 0 Å². The van der Waals surface area contributed by atoms with E-state index in [2.05, 4.69) is 5.32 Å². The van der Waals surface area contributed by atoms with Crippen molar-refractivity contribution >= 4 is 11.8 Å². The summed E-state index contributed by atoms with van der Waals surface area (Å²) in [6.07, 6.45) is -0.347. The van der Waals surface area contributed by atoms with Gasteiger partial charge < -0.3 is 20.1 Å². The third-order valence-corrected chi connectivity index (χ3v) is 3.49. The average molecular weight is 322 g/mol. The molecule has 130 valence electrons. The summed E-state index contributed by atoms with van der Waals surface area (Å²) >= 11 is 0. The van der Waals surface area contributed by atoms with Gasteiger partial charge in [-0.3, -0.25) is 0 Å². The Bertz CT molecular complexity index is 530. The fourth-order valence-electron chi connectivity index (χ4n) is 1.86. The molecule has 5 nitrogen and oxygen atoms in total. The zero-order chi connectivity index (χ0) is 17.8. The Kier molecular flexibility index (Phi) is 6.05. The highest BCUT2D eigenvalue weighted by Crippen LogP contribution is 2.18. The van der Waals surface area contributed by atoms with E-state index in [9.17, 15) is 9.90 Å². The quantitative estimate of drug-likeness (QED) is 0.869.